The summed E-state index contributed by atoms with van der Waals surface area (Å²) in [6.07, 6.45) is 0.306. The maximum absolute atomic E-state index is 12.0. The van der Waals surface area contributed by atoms with Crippen molar-refractivity contribution in [3.63, 3.8) is 0 Å². The van der Waals surface area contributed by atoms with Gasteiger partial charge < -0.3 is 20.3 Å². The number of rotatable bonds is 5. The van der Waals surface area contributed by atoms with Crippen LogP contribution in [0.2, 0.25) is 0 Å². The van der Waals surface area contributed by atoms with Gasteiger partial charge in [-0.15, -0.1) is 12.4 Å². The van der Waals surface area contributed by atoms with Crippen LogP contribution in [0, 0.1) is 5.92 Å². The molecule has 1 fully saturated rings. The van der Waals surface area contributed by atoms with Crippen LogP contribution in [0.5, 0.6) is 5.75 Å². The molecule has 1 aromatic rings. The molecule has 2 aliphatic rings. The van der Waals surface area contributed by atoms with Gasteiger partial charge in [0.05, 0.1) is 5.69 Å². The van der Waals surface area contributed by atoms with Gasteiger partial charge in [0.2, 0.25) is 5.91 Å². The standard InChI is InChI=1S/C15H19N3O3.ClH/c19-14(17-9-11-7-16-8-11)5-6-18-12-3-1-2-4-13(12)21-10-15(18)20;/h1-4,11,16H,5-10H2,(H,17,19);1H. The number of fused-ring (bicyclic) bond motifs is 1. The van der Waals surface area contributed by atoms with Crippen LogP contribution in [0.3, 0.4) is 0 Å². The van der Waals surface area contributed by atoms with Gasteiger partial charge in [-0.3, -0.25) is 9.59 Å². The molecule has 3 rings (SSSR count). The van der Waals surface area contributed by atoms with Gasteiger partial charge in [0.25, 0.3) is 5.91 Å². The van der Waals surface area contributed by atoms with Crippen LogP contribution in [0.1, 0.15) is 6.42 Å². The topological polar surface area (TPSA) is 70.7 Å². The number of nitrogens with one attached hydrogen (secondary N) is 2. The molecule has 0 atom stereocenters. The minimum atomic E-state index is -0.107. The van der Waals surface area contributed by atoms with Crippen molar-refractivity contribution < 1.29 is 14.3 Å². The lowest BCUT2D eigenvalue weighted by atomic mass is 10.0. The van der Waals surface area contributed by atoms with Crippen LogP contribution in [-0.4, -0.2) is 44.6 Å². The molecular weight excluding hydrogens is 306 g/mol. The average molecular weight is 326 g/mol. The summed E-state index contributed by atoms with van der Waals surface area (Å²) in [4.78, 5) is 25.4. The molecule has 2 amide bonds. The second kappa shape index (κ2) is 7.47. The predicted octanol–water partition coefficient (Wildman–Crippen LogP) is 0.559. The number of hydrogen-bond acceptors (Lipinski definition) is 4. The molecule has 22 heavy (non-hydrogen) atoms. The van der Waals surface area contributed by atoms with Crippen molar-refractivity contribution in [1.82, 2.24) is 10.6 Å². The van der Waals surface area contributed by atoms with E-state index in [1.165, 1.54) is 0 Å². The zero-order chi connectivity index (χ0) is 14.7. The molecule has 0 radical (unpaired) electrons. The van der Waals surface area contributed by atoms with Gasteiger partial charge >= 0.3 is 0 Å². The highest BCUT2D eigenvalue weighted by atomic mass is 35.5. The number of halogens is 1. The highest BCUT2D eigenvalue weighted by Crippen LogP contribution is 2.31. The van der Waals surface area contributed by atoms with E-state index in [0.29, 0.717) is 31.2 Å². The maximum atomic E-state index is 12.0. The van der Waals surface area contributed by atoms with Gasteiger partial charge in [-0.05, 0) is 12.1 Å². The van der Waals surface area contributed by atoms with Crippen molar-refractivity contribution in [3.8, 4) is 5.75 Å². The summed E-state index contributed by atoms with van der Waals surface area (Å²) >= 11 is 0. The average Bonchev–Trinajstić information content (AvgIpc) is 2.44. The van der Waals surface area contributed by atoms with Crippen LogP contribution in [0.25, 0.3) is 0 Å². The van der Waals surface area contributed by atoms with Crippen molar-refractivity contribution in [1.29, 1.82) is 0 Å². The van der Waals surface area contributed by atoms with Gasteiger partial charge in [0, 0.05) is 38.5 Å². The van der Waals surface area contributed by atoms with E-state index in [9.17, 15) is 9.59 Å². The predicted molar refractivity (Wildman–Crippen MR) is 85.5 cm³/mol. The Labute approximate surface area is 135 Å². The highest BCUT2D eigenvalue weighted by molar-refractivity contribution is 5.98. The summed E-state index contributed by atoms with van der Waals surface area (Å²) in [6, 6.07) is 7.40. The van der Waals surface area contributed by atoms with E-state index < -0.39 is 0 Å². The Kier molecular flexibility index (Phi) is 5.63. The Hall–Kier alpha value is -1.79. The third kappa shape index (κ3) is 3.69. The highest BCUT2D eigenvalue weighted by Gasteiger charge is 2.25. The van der Waals surface area contributed by atoms with E-state index in [-0.39, 0.29) is 30.8 Å². The normalized spacial score (nSPS) is 16.9. The van der Waals surface area contributed by atoms with Crippen molar-refractivity contribution in [2.75, 3.05) is 37.7 Å². The molecule has 2 heterocycles. The van der Waals surface area contributed by atoms with Crippen molar-refractivity contribution in [3.05, 3.63) is 24.3 Å². The SMILES string of the molecule is Cl.O=C(CCN1C(=O)COc2ccccc21)NCC1CNC1. The first-order valence-electron chi connectivity index (χ1n) is 7.23. The third-order valence-corrected chi connectivity index (χ3v) is 3.82. The fourth-order valence-electron chi connectivity index (χ4n) is 2.45. The second-order valence-corrected chi connectivity index (χ2v) is 5.38. The molecule has 7 heteroatoms. The van der Waals surface area contributed by atoms with Crippen LogP contribution < -0.4 is 20.3 Å². The van der Waals surface area contributed by atoms with E-state index in [2.05, 4.69) is 10.6 Å². The molecule has 0 bridgehead atoms. The molecule has 2 aliphatic heterocycles. The number of nitrogens with zero attached hydrogens (tertiary/aromatic N) is 1. The van der Waals surface area contributed by atoms with Crippen LogP contribution in [0.15, 0.2) is 24.3 Å². The summed E-state index contributed by atoms with van der Waals surface area (Å²) in [5.74, 6) is 1.11. The summed E-state index contributed by atoms with van der Waals surface area (Å²) in [6.45, 7) is 3.06. The Morgan fingerprint density at radius 3 is 2.86 bits per heavy atom. The minimum Gasteiger partial charge on any atom is -0.482 e. The number of amides is 2. The largest absolute Gasteiger partial charge is 0.482 e. The van der Waals surface area contributed by atoms with E-state index in [1.54, 1.807) is 4.90 Å². The van der Waals surface area contributed by atoms with Crippen molar-refractivity contribution in [2.24, 2.45) is 5.92 Å². The number of benzene rings is 1. The monoisotopic (exact) mass is 325 g/mol. The number of para-hydroxylation sites is 2. The van der Waals surface area contributed by atoms with Crippen LogP contribution in [0.4, 0.5) is 5.69 Å². The Bertz CT molecular complexity index is 549. The summed E-state index contributed by atoms with van der Waals surface area (Å²) < 4.78 is 5.38. The van der Waals surface area contributed by atoms with Gasteiger partial charge in [-0.1, -0.05) is 12.1 Å². The van der Waals surface area contributed by atoms with Crippen molar-refractivity contribution in [2.45, 2.75) is 6.42 Å². The van der Waals surface area contributed by atoms with Gasteiger partial charge in [-0.25, -0.2) is 0 Å². The van der Waals surface area contributed by atoms with E-state index in [1.807, 2.05) is 24.3 Å². The fourth-order valence-corrected chi connectivity index (χ4v) is 2.45. The molecule has 0 spiro atoms. The molecular formula is C15H20ClN3O3. The van der Waals surface area contributed by atoms with Crippen molar-refractivity contribution >= 4 is 29.9 Å². The number of hydrogen-bond donors (Lipinski definition) is 2. The van der Waals surface area contributed by atoms with E-state index in [0.717, 1.165) is 18.8 Å². The molecule has 2 N–H and O–H groups in total. The number of ether oxygens (including phenoxy) is 1. The molecule has 1 saturated heterocycles. The maximum Gasteiger partial charge on any atom is 0.265 e. The summed E-state index contributed by atoms with van der Waals surface area (Å²) in [7, 11) is 0. The quantitative estimate of drug-likeness (QED) is 0.830. The first-order chi connectivity index (χ1) is 10.2. The van der Waals surface area contributed by atoms with E-state index in [4.69, 9.17) is 4.74 Å². The Morgan fingerprint density at radius 1 is 1.36 bits per heavy atom. The smallest absolute Gasteiger partial charge is 0.265 e. The number of carbonyl (C=O) groups is 2. The first-order valence-corrected chi connectivity index (χ1v) is 7.23. The van der Waals surface area contributed by atoms with E-state index >= 15 is 0 Å². The molecule has 0 unspecified atom stereocenters. The van der Waals surface area contributed by atoms with Crippen LogP contribution in [-0.2, 0) is 9.59 Å². The molecule has 1 aromatic carbocycles. The molecule has 0 saturated carbocycles. The first kappa shape index (κ1) is 16.6. The zero-order valence-corrected chi connectivity index (χ0v) is 13.0. The fraction of sp³-hybridized carbons (Fsp3) is 0.467. The lowest BCUT2D eigenvalue weighted by Crippen LogP contribution is -2.48. The minimum absolute atomic E-state index is 0. The number of carbonyl (C=O) groups excluding carboxylic acids is 2. The lowest BCUT2D eigenvalue weighted by molar-refractivity contribution is -0.122. The van der Waals surface area contributed by atoms with Gasteiger partial charge in [-0.2, -0.15) is 0 Å². The molecule has 120 valence electrons. The number of anilines is 1. The molecule has 0 aromatic heterocycles. The lowest BCUT2D eigenvalue weighted by Gasteiger charge is -2.29. The Morgan fingerprint density at radius 2 is 2.14 bits per heavy atom. The van der Waals surface area contributed by atoms with Crippen LogP contribution >= 0.6 is 12.4 Å². The second-order valence-electron chi connectivity index (χ2n) is 5.38. The zero-order valence-electron chi connectivity index (χ0n) is 12.2. The molecule has 6 nitrogen and oxygen atoms in total. The summed E-state index contributed by atoms with van der Waals surface area (Å²) in [5.41, 5.74) is 0.741. The Balaban J connectivity index is 0.00000176. The van der Waals surface area contributed by atoms with Gasteiger partial charge in [0.15, 0.2) is 6.61 Å². The molecule has 0 aliphatic carbocycles. The third-order valence-electron chi connectivity index (χ3n) is 3.82. The van der Waals surface area contributed by atoms with Gasteiger partial charge in [0.1, 0.15) is 5.75 Å². The summed E-state index contributed by atoms with van der Waals surface area (Å²) in [5, 5.41) is 6.08.